The van der Waals surface area contributed by atoms with Crippen LogP contribution in [-0.4, -0.2) is 58.5 Å². The maximum Gasteiger partial charge on any atom is 0.257 e. The fraction of sp³-hybridized carbons (Fsp3) is 0.750. The van der Waals surface area contributed by atoms with Crippen LogP contribution >= 0.6 is 0 Å². The van der Waals surface area contributed by atoms with Gasteiger partial charge in [-0.3, -0.25) is 14.7 Å². The summed E-state index contributed by atoms with van der Waals surface area (Å²) in [6, 6.07) is 0.228. The van der Waals surface area contributed by atoms with E-state index in [4.69, 9.17) is 0 Å². The Morgan fingerprint density at radius 3 is 2.73 bits per heavy atom. The van der Waals surface area contributed by atoms with Crippen LogP contribution < -0.4 is 0 Å². The molecule has 0 aromatic carbocycles. The number of H-pyrrole nitrogens is 1. The summed E-state index contributed by atoms with van der Waals surface area (Å²) in [5.41, 5.74) is 1.79. The molecule has 26 heavy (non-hydrogen) atoms. The summed E-state index contributed by atoms with van der Waals surface area (Å²) in [7, 11) is 3.82. The average molecular weight is 358 g/mol. The van der Waals surface area contributed by atoms with E-state index in [1.807, 2.05) is 23.9 Å². The maximum absolute atomic E-state index is 13.2. The fourth-order valence-electron chi connectivity index (χ4n) is 5.33. The minimum atomic E-state index is 0.0858. The van der Waals surface area contributed by atoms with Gasteiger partial charge in [0.25, 0.3) is 5.91 Å². The average Bonchev–Trinajstić information content (AvgIpc) is 3.28. The first-order valence-corrected chi connectivity index (χ1v) is 10.1. The van der Waals surface area contributed by atoms with Crippen LogP contribution in [0.3, 0.4) is 0 Å². The van der Waals surface area contributed by atoms with Crippen molar-refractivity contribution in [3.63, 3.8) is 0 Å². The number of hydrogen-bond donors (Lipinski definition) is 1. The molecule has 2 aliphatic carbocycles. The van der Waals surface area contributed by atoms with E-state index in [2.05, 4.69) is 10.2 Å². The maximum atomic E-state index is 13.2. The third kappa shape index (κ3) is 3.14. The number of aromatic amines is 1. The predicted octanol–water partition coefficient (Wildman–Crippen LogP) is 2.79. The van der Waals surface area contributed by atoms with Gasteiger partial charge in [-0.05, 0) is 37.5 Å². The molecule has 3 atom stereocenters. The molecule has 1 aliphatic heterocycles. The second kappa shape index (κ2) is 7.05. The molecule has 0 radical (unpaired) electrons. The number of piperidine rings is 1. The van der Waals surface area contributed by atoms with Crippen molar-refractivity contribution in [1.82, 2.24) is 20.0 Å². The summed E-state index contributed by atoms with van der Waals surface area (Å²) < 4.78 is 0. The van der Waals surface area contributed by atoms with Gasteiger partial charge in [0.1, 0.15) is 0 Å². The number of likely N-dealkylation sites (tertiary alicyclic amines) is 1. The van der Waals surface area contributed by atoms with E-state index in [1.165, 1.54) is 19.3 Å². The van der Waals surface area contributed by atoms with Crippen LogP contribution in [0.2, 0.25) is 0 Å². The molecular formula is C20H30N4O2. The number of hydrogen-bond acceptors (Lipinski definition) is 3. The van der Waals surface area contributed by atoms with Crippen LogP contribution in [0.5, 0.6) is 0 Å². The van der Waals surface area contributed by atoms with Crippen molar-refractivity contribution < 1.29 is 9.59 Å². The molecule has 3 aliphatic rings. The molecule has 1 saturated heterocycles. The lowest BCUT2D eigenvalue weighted by atomic mass is 9.85. The Hall–Kier alpha value is -1.85. The highest BCUT2D eigenvalue weighted by Crippen LogP contribution is 2.40. The Morgan fingerprint density at radius 2 is 1.96 bits per heavy atom. The van der Waals surface area contributed by atoms with Gasteiger partial charge in [0.05, 0.1) is 17.5 Å². The van der Waals surface area contributed by atoms with Crippen molar-refractivity contribution in [3.8, 4) is 0 Å². The lowest BCUT2D eigenvalue weighted by Gasteiger charge is -2.31. The fourth-order valence-corrected chi connectivity index (χ4v) is 5.33. The second-order valence-corrected chi connectivity index (χ2v) is 8.57. The first-order valence-electron chi connectivity index (χ1n) is 10.1. The normalized spacial score (nSPS) is 29.7. The summed E-state index contributed by atoms with van der Waals surface area (Å²) in [6.45, 7) is 0.834. The quantitative estimate of drug-likeness (QED) is 0.903. The first kappa shape index (κ1) is 17.6. The number of fused-ring (bicyclic) bond motifs is 1. The summed E-state index contributed by atoms with van der Waals surface area (Å²) in [6.07, 6.45) is 10.4. The highest BCUT2D eigenvalue weighted by Gasteiger charge is 2.42. The molecule has 1 aromatic heterocycles. The monoisotopic (exact) mass is 358 g/mol. The first-order chi connectivity index (χ1) is 12.5. The molecule has 2 heterocycles. The van der Waals surface area contributed by atoms with Crippen LogP contribution in [-0.2, 0) is 4.79 Å². The molecule has 6 nitrogen and oxygen atoms in total. The molecule has 142 valence electrons. The van der Waals surface area contributed by atoms with Crippen molar-refractivity contribution in [1.29, 1.82) is 0 Å². The number of carbonyl (C=O) groups excluding carboxylic acids is 2. The molecule has 2 saturated carbocycles. The van der Waals surface area contributed by atoms with Crippen LogP contribution in [0.1, 0.15) is 73.3 Å². The van der Waals surface area contributed by atoms with Gasteiger partial charge >= 0.3 is 0 Å². The zero-order chi connectivity index (χ0) is 18.3. The number of carbonyl (C=O) groups is 2. The van der Waals surface area contributed by atoms with E-state index < -0.39 is 0 Å². The van der Waals surface area contributed by atoms with Crippen molar-refractivity contribution in [2.24, 2.45) is 11.8 Å². The van der Waals surface area contributed by atoms with Gasteiger partial charge in [-0.25, -0.2) is 0 Å². The number of nitrogens with one attached hydrogen (secondary N) is 1. The Labute approximate surface area is 155 Å². The van der Waals surface area contributed by atoms with Crippen molar-refractivity contribution >= 4 is 11.8 Å². The van der Waals surface area contributed by atoms with Crippen molar-refractivity contribution in [2.45, 2.75) is 63.3 Å². The lowest BCUT2D eigenvalue weighted by Crippen LogP contribution is -2.40. The standard InChI is InChI=1S/C20H30N4O2/c1-23-12-15-9-16(8-14(15)10-18(23)25)24(2)20(26)17-11-21-22-19(17)13-6-4-3-5-7-13/h11,13-16H,3-10,12H2,1-2H3,(H,21,22)/t14-,15+,16-/m1/s1. The summed E-state index contributed by atoms with van der Waals surface area (Å²) in [5, 5.41) is 7.31. The third-order valence-corrected chi connectivity index (χ3v) is 6.97. The highest BCUT2D eigenvalue weighted by molar-refractivity contribution is 5.95. The minimum Gasteiger partial charge on any atom is -0.345 e. The molecule has 0 unspecified atom stereocenters. The molecule has 4 rings (SSSR count). The zero-order valence-corrected chi connectivity index (χ0v) is 15.9. The van der Waals surface area contributed by atoms with Gasteiger partial charge in [-0.1, -0.05) is 19.3 Å². The van der Waals surface area contributed by atoms with E-state index in [0.29, 0.717) is 24.2 Å². The second-order valence-electron chi connectivity index (χ2n) is 8.57. The number of amides is 2. The summed E-state index contributed by atoms with van der Waals surface area (Å²) in [4.78, 5) is 28.9. The van der Waals surface area contributed by atoms with Crippen LogP contribution in [0.4, 0.5) is 0 Å². The van der Waals surface area contributed by atoms with Crippen molar-refractivity contribution in [3.05, 3.63) is 17.5 Å². The van der Waals surface area contributed by atoms with Gasteiger partial charge in [-0.2, -0.15) is 5.10 Å². The predicted molar refractivity (Wildman–Crippen MR) is 98.8 cm³/mol. The van der Waals surface area contributed by atoms with E-state index in [0.717, 1.165) is 43.5 Å². The Balaban J connectivity index is 1.46. The third-order valence-electron chi connectivity index (χ3n) is 6.97. The SMILES string of the molecule is CN1C[C@@H]2C[C@H](N(C)C(=O)c3cn[nH]c3C3CCCCC3)C[C@@H]2CC1=O. The molecule has 3 fully saturated rings. The molecule has 1 N–H and O–H groups in total. The lowest BCUT2D eigenvalue weighted by molar-refractivity contribution is -0.134. The molecule has 0 spiro atoms. The van der Waals surface area contributed by atoms with E-state index in [1.54, 1.807) is 6.20 Å². The number of rotatable bonds is 3. The van der Waals surface area contributed by atoms with E-state index >= 15 is 0 Å². The van der Waals surface area contributed by atoms with Crippen LogP contribution in [0.15, 0.2) is 6.20 Å². The van der Waals surface area contributed by atoms with E-state index in [9.17, 15) is 9.59 Å². The number of aromatic nitrogens is 2. The Morgan fingerprint density at radius 1 is 1.23 bits per heavy atom. The van der Waals surface area contributed by atoms with Crippen LogP contribution in [0, 0.1) is 11.8 Å². The van der Waals surface area contributed by atoms with Gasteiger partial charge < -0.3 is 9.80 Å². The van der Waals surface area contributed by atoms with Gasteiger partial charge in [-0.15, -0.1) is 0 Å². The molecule has 2 amide bonds. The topological polar surface area (TPSA) is 69.3 Å². The van der Waals surface area contributed by atoms with Crippen molar-refractivity contribution in [2.75, 3.05) is 20.6 Å². The molecule has 0 bridgehead atoms. The van der Waals surface area contributed by atoms with Gasteiger partial charge in [0, 0.05) is 39.0 Å². The van der Waals surface area contributed by atoms with Gasteiger partial charge in [0.2, 0.25) is 5.91 Å². The molecule has 6 heteroatoms. The Bertz CT molecular complexity index is 679. The summed E-state index contributed by atoms with van der Waals surface area (Å²) in [5.74, 6) is 1.73. The molecule has 1 aromatic rings. The Kier molecular flexibility index (Phi) is 4.76. The van der Waals surface area contributed by atoms with Gasteiger partial charge in [0.15, 0.2) is 0 Å². The highest BCUT2D eigenvalue weighted by atomic mass is 16.2. The smallest absolute Gasteiger partial charge is 0.257 e. The molecular weight excluding hydrogens is 328 g/mol. The van der Waals surface area contributed by atoms with E-state index in [-0.39, 0.29) is 17.9 Å². The largest absolute Gasteiger partial charge is 0.345 e. The zero-order valence-electron chi connectivity index (χ0n) is 15.9. The number of nitrogens with zero attached hydrogens (tertiary/aromatic N) is 3. The minimum absolute atomic E-state index is 0.0858. The summed E-state index contributed by atoms with van der Waals surface area (Å²) >= 11 is 0. The van der Waals surface area contributed by atoms with Crippen LogP contribution in [0.25, 0.3) is 0 Å².